The number of amides is 1. The van der Waals surface area contributed by atoms with Crippen molar-refractivity contribution in [2.24, 2.45) is 0 Å². The van der Waals surface area contributed by atoms with Crippen molar-refractivity contribution >= 4 is 32.5 Å². The fraction of sp³-hybridized carbons (Fsp3) is 0.154. The molecule has 33 heavy (non-hydrogen) atoms. The summed E-state index contributed by atoms with van der Waals surface area (Å²) in [5.41, 5.74) is 3.85. The molecule has 0 aliphatic carbocycles. The largest absolute Gasteiger partial charge is 0.325 e. The summed E-state index contributed by atoms with van der Waals surface area (Å²) in [6, 6.07) is 22.5. The number of aromatic nitrogens is 1. The van der Waals surface area contributed by atoms with Gasteiger partial charge < -0.3 is 5.32 Å². The molecule has 0 radical (unpaired) electrons. The molecular weight excluding hydrogens is 434 g/mol. The molecule has 1 aromatic heterocycles. The summed E-state index contributed by atoms with van der Waals surface area (Å²) in [6.45, 7) is 3.89. The van der Waals surface area contributed by atoms with Crippen molar-refractivity contribution in [3.05, 3.63) is 102 Å². The highest BCUT2D eigenvalue weighted by Gasteiger charge is 2.28. The summed E-state index contributed by atoms with van der Waals surface area (Å²) in [7, 11) is -4.03. The lowest BCUT2D eigenvalue weighted by molar-refractivity contribution is -0.117. The third-order valence-corrected chi connectivity index (χ3v) is 6.77. The van der Waals surface area contributed by atoms with Crippen LogP contribution in [0.15, 0.2) is 90.0 Å². The van der Waals surface area contributed by atoms with Crippen LogP contribution in [-0.4, -0.2) is 25.4 Å². The number of hydrogen-bond donors (Lipinski definition) is 2. The Balaban J connectivity index is 1.67. The van der Waals surface area contributed by atoms with Crippen LogP contribution in [0.5, 0.6) is 0 Å². The molecule has 0 bridgehead atoms. The Kier molecular flexibility index (Phi) is 6.53. The number of para-hydroxylation sites is 1. The first-order valence-corrected chi connectivity index (χ1v) is 12.1. The summed E-state index contributed by atoms with van der Waals surface area (Å²) >= 11 is 0. The van der Waals surface area contributed by atoms with E-state index in [0.29, 0.717) is 16.6 Å². The number of carbonyl (C=O) groups is 1. The fourth-order valence-electron chi connectivity index (χ4n) is 3.86. The molecule has 0 aliphatic heterocycles. The van der Waals surface area contributed by atoms with E-state index in [2.05, 4.69) is 15.0 Å². The van der Waals surface area contributed by atoms with Gasteiger partial charge >= 0.3 is 0 Å². The van der Waals surface area contributed by atoms with Gasteiger partial charge in [-0.2, -0.15) is 4.72 Å². The molecule has 1 amide bonds. The van der Waals surface area contributed by atoms with Crippen molar-refractivity contribution in [1.29, 1.82) is 0 Å². The molecule has 7 heteroatoms. The maximum atomic E-state index is 13.4. The summed E-state index contributed by atoms with van der Waals surface area (Å²) in [5, 5.41) is 3.58. The minimum Gasteiger partial charge on any atom is -0.325 e. The van der Waals surface area contributed by atoms with Crippen LogP contribution in [0.25, 0.3) is 10.9 Å². The molecule has 1 heterocycles. The Morgan fingerprint density at radius 3 is 2.33 bits per heavy atom. The van der Waals surface area contributed by atoms with Gasteiger partial charge in [0.15, 0.2) is 0 Å². The molecule has 2 N–H and O–H groups in total. The van der Waals surface area contributed by atoms with E-state index in [-0.39, 0.29) is 11.3 Å². The maximum Gasteiger partial charge on any atom is 0.243 e. The quantitative estimate of drug-likeness (QED) is 0.429. The molecule has 0 fully saturated rings. The van der Waals surface area contributed by atoms with Crippen LogP contribution in [0.4, 0.5) is 5.69 Å². The number of rotatable bonds is 7. The molecule has 4 rings (SSSR count). The zero-order chi connectivity index (χ0) is 23.4. The highest BCUT2D eigenvalue weighted by molar-refractivity contribution is 7.89. The number of hydrogen-bond acceptors (Lipinski definition) is 4. The maximum absolute atomic E-state index is 13.4. The zero-order valence-electron chi connectivity index (χ0n) is 18.4. The van der Waals surface area contributed by atoms with Crippen molar-refractivity contribution in [2.45, 2.75) is 31.2 Å². The van der Waals surface area contributed by atoms with E-state index < -0.39 is 22.0 Å². The molecule has 168 valence electrons. The number of fused-ring (bicyclic) bond motifs is 1. The Morgan fingerprint density at radius 1 is 0.909 bits per heavy atom. The van der Waals surface area contributed by atoms with E-state index in [1.807, 2.05) is 62.4 Å². The Bertz CT molecular complexity index is 1380. The fourth-order valence-corrected chi connectivity index (χ4v) is 5.23. The average molecular weight is 460 g/mol. The molecular formula is C26H25N3O3S. The molecule has 3 aromatic carbocycles. The van der Waals surface area contributed by atoms with Crippen molar-refractivity contribution in [1.82, 2.24) is 9.71 Å². The second-order valence-corrected chi connectivity index (χ2v) is 9.74. The molecule has 0 aliphatic rings. The molecule has 1 unspecified atom stereocenters. The molecule has 0 spiro atoms. The normalized spacial score (nSPS) is 12.4. The topological polar surface area (TPSA) is 88.2 Å². The summed E-state index contributed by atoms with van der Waals surface area (Å²) < 4.78 is 29.4. The molecule has 4 aromatic rings. The van der Waals surface area contributed by atoms with E-state index in [1.54, 1.807) is 30.5 Å². The minimum atomic E-state index is -4.03. The predicted octanol–water partition coefficient (Wildman–Crippen LogP) is 4.38. The first kappa shape index (κ1) is 22.6. The van der Waals surface area contributed by atoms with E-state index in [1.165, 1.54) is 6.07 Å². The first-order valence-electron chi connectivity index (χ1n) is 10.6. The number of aryl methyl sites for hydroxylation is 2. The molecule has 0 saturated carbocycles. The standard InChI is InChI=1S/C26H25N3O3S/c1-18-14-19(2)16-22(15-18)28-26(30)23(17-20-8-4-3-5-9-20)29-33(31,32)24-12-6-10-21-11-7-13-27-25(21)24/h3-16,23,29H,17H2,1-2H3,(H,28,30). The van der Waals surface area contributed by atoms with Gasteiger partial charge in [0.1, 0.15) is 10.9 Å². The number of sulfonamides is 1. The number of nitrogens with one attached hydrogen (secondary N) is 2. The second kappa shape index (κ2) is 9.52. The van der Waals surface area contributed by atoms with Crippen LogP contribution in [0.1, 0.15) is 16.7 Å². The highest BCUT2D eigenvalue weighted by atomic mass is 32.2. The lowest BCUT2D eigenvalue weighted by atomic mass is 10.1. The summed E-state index contributed by atoms with van der Waals surface area (Å²) in [6.07, 6.45) is 1.75. The van der Waals surface area contributed by atoms with E-state index >= 15 is 0 Å². The van der Waals surface area contributed by atoms with Crippen LogP contribution >= 0.6 is 0 Å². The number of anilines is 1. The van der Waals surface area contributed by atoms with E-state index in [4.69, 9.17) is 0 Å². The molecule has 0 saturated heterocycles. The average Bonchev–Trinajstić information content (AvgIpc) is 2.78. The molecule has 1 atom stereocenters. The van der Waals surface area contributed by atoms with Crippen molar-refractivity contribution in [2.75, 3.05) is 5.32 Å². The zero-order valence-corrected chi connectivity index (χ0v) is 19.3. The van der Waals surface area contributed by atoms with Gasteiger partial charge in [-0.1, -0.05) is 54.6 Å². The molecule has 6 nitrogen and oxygen atoms in total. The third kappa shape index (κ3) is 5.45. The Morgan fingerprint density at radius 2 is 1.61 bits per heavy atom. The number of pyridine rings is 1. The van der Waals surface area contributed by atoms with Gasteiger partial charge in [-0.05, 0) is 61.2 Å². The van der Waals surface area contributed by atoms with Crippen LogP contribution < -0.4 is 10.0 Å². The van der Waals surface area contributed by atoms with Crippen LogP contribution in [0.3, 0.4) is 0 Å². The van der Waals surface area contributed by atoms with E-state index in [0.717, 1.165) is 16.7 Å². The van der Waals surface area contributed by atoms with Crippen LogP contribution in [0, 0.1) is 13.8 Å². The summed E-state index contributed by atoms with van der Waals surface area (Å²) in [5.74, 6) is -0.430. The van der Waals surface area contributed by atoms with Crippen molar-refractivity contribution in [3.8, 4) is 0 Å². The monoisotopic (exact) mass is 459 g/mol. The first-order chi connectivity index (χ1) is 15.8. The van der Waals surface area contributed by atoms with Gasteiger partial charge in [0.2, 0.25) is 15.9 Å². The van der Waals surface area contributed by atoms with Gasteiger partial charge in [0.05, 0.1) is 5.52 Å². The minimum absolute atomic E-state index is 0.0397. The van der Waals surface area contributed by atoms with Crippen LogP contribution in [-0.2, 0) is 21.2 Å². The smallest absolute Gasteiger partial charge is 0.243 e. The summed E-state index contributed by atoms with van der Waals surface area (Å²) in [4.78, 5) is 17.5. The van der Waals surface area contributed by atoms with E-state index in [9.17, 15) is 13.2 Å². The second-order valence-electron chi connectivity index (χ2n) is 8.06. The van der Waals surface area contributed by atoms with Gasteiger partial charge in [-0.15, -0.1) is 0 Å². The van der Waals surface area contributed by atoms with Gasteiger partial charge in [-0.25, -0.2) is 8.42 Å². The van der Waals surface area contributed by atoms with Gasteiger partial charge in [0, 0.05) is 17.3 Å². The van der Waals surface area contributed by atoms with Gasteiger partial charge in [0.25, 0.3) is 0 Å². The third-order valence-electron chi connectivity index (χ3n) is 5.27. The van der Waals surface area contributed by atoms with Crippen molar-refractivity contribution < 1.29 is 13.2 Å². The number of carbonyl (C=O) groups excluding carboxylic acids is 1. The lowest BCUT2D eigenvalue weighted by Gasteiger charge is -2.19. The number of nitrogens with zero attached hydrogens (tertiary/aromatic N) is 1. The number of benzene rings is 3. The van der Waals surface area contributed by atoms with Crippen molar-refractivity contribution in [3.63, 3.8) is 0 Å². The highest BCUT2D eigenvalue weighted by Crippen LogP contribution is 2.22. The Hall–Kier alpha value is -3.55. The SMILES string of the molecule is Cc1cc(C)cc(NC(=O)C(Cc2ccccc2)NS(=O)(=O)c2cccc3cccnc23)c1. The Labute approximate surface area is 193 Å². The van der Waals surface area contributed by atoms with Gasteiger partial charge in [-0.3, -0.25) is 9.78 Å². The predicted molar refractivity (Wildman–Crippen MR) is 131 cm³/mol. The lowest BCUT2D eigenvalue weighted by Crippen LogP contribution is -2.45. The van der Waals surface area contributed by atoms with Crippen LogP contribution in [0.2, 0.25) is 0 Å².